The lowest BCUT2D eigenvalue weighted by Crippen LogP contribution is -2.43. The van der Waals surface area contributed by atoms with Gasteiger partial charge in [-0.05, 0) is 24.7 Å². The minimum Gasteiger partial charge on any atom is -0.511 e. The molecule has 0 aromatic carbocycles. The van der Waals surface area contributed by atoms with Crippen molar-refractivity contribution >= 4 is 23.3 Å². The van der Waals surface area contributed by atoms with E-state index >= 15 is 0 Å². The molecule has 0 saturated carbocycles. The minimum atomic E-state index is -1.11. The van der Waals surface area contributed by atoms with E-state index in [1.165, 1.54) is 6.20 Å². The Morgan fingerprint density at radius 3 is 2.52 bits per heavy atom. The number of primary amides is 1. The Hall–Kier alpha value is -3.36. The highest BCUT2D eigenvalue weighted by Gasteiger charge is 2.50. The van der Waals surface area contributed by atoms with Crippen molar-refractivity contribution in [2.45, 2.75) is 19.3 Å². The Kier molecular flexibility index (Phi) is 4.14. The van der Waals surface area contributed by atoms with Crippen LogP contribution in [0.1, 0.15) is 28.8 Å². The third-order valence-electron chi connectivity index (χ3n) is 6.04. The number of pyridine rings is 1. The number of nitrogens with zero attached hydrogens (tertiary/aromatic N) is 2. The van der Waals surface area contributed by atoms with Crippen molar-refractivity contribution in [1.29, 1.82) is 0 Å². The van der Waals surface area contributed by atoms with Gasteiger partial charge in [0.15, 0.2) is 11.6 Å². The van der Waals surface area contributed by atoms with E-state index in [4.69, 9.17) is 5.73 Å². The van der Waals surface area contributed by atoms with Gasteiger partial charge in [-0.3, -0.25) is 14.4 Å². The van der Waals surface area contributed by atoms with Crippen molar-refractivity contribution < 1.29 is 29.7 Å². The molecule has 0 saturated heterocycles. The van der Waals surface area contributed by atoms with E-state index in [1.807, 2.05) is 0 Å². The number of hydrogen-bond donors (Lipinski definition) is 4. The second kappa shape index (κ2) is 6.33. The molecule has 3 aliphatic rings. The minimum absolute atomic E-state index is 0.0163. The lowest BCUT2D eigenvalue weighted by Gasteiger charge is -2.41. The number of fused-ring (bicyclic) bond motifs is 3. The number of Topliss-reactive ketones (excluding diaryl/α,β-unsaturated/α-hetero) is 2. The number of aromatic nitrogens is 1. The Labute approximate surface area is 166 Å². The van der Waals surface area contributed by atoms with Crippen LogP contribution < -0.4 is 10.6 Å². The van der Waals surface area contributed by atoms with Gasteiger partial charge in [0, 0.05) is 31.7 Å². The van der Waals surface area contributed by atoms with E-state index in [2.05, 4.69) is 4.98 Å². The number of anilines is 1. The first-order chi connectivity index (χ1) is 13.6. The Morgan fingerprint density at radius 2 is 1.90 bits per heavy atom. The van der Waals surface area contributed by atoms with Gasteiger partial charge in [-0.15, -0.1) is 0 Å². The van der Waals surface area contributed by atoms with E-state index in [9.17, 15) is 29.7 Å². The molecule has 9 heteroatoms. The Morgan fingerprint density at radius 1 is 1.21 bits per heavy atom. The zero-order valence-corrected chi connectivity index (χ0v) is 16.0. The molecule has 0 bridgehead atoms. The second-order valence-electron chi connectivity index (χ2n) is 7.97. The topological polar surface area (TPSA) is 154 Å². The van der Waals surface area contributed by atoms with E-state index < -0.39 is 46.6 Å². The molecule has 0 aliphatic heterocycles. The number of amides is 1. The molecule has 0 fully saturated rings. The fourth-order valence-corrected chi connectivity index (χ4v) is 4.90. The molecule has 1 aromatic heterocycles. The molecule has 152 valence electrons. The molecule has 3 atom stereocenters. The normalized spacial score (nSPS) is 26.1. The lowest BCUT2D eigenvalue weighted by molar-refractivity contribution is -0.126. The summed E-state index contributed by atoms with van der Waals surface area (Å²) in [7, 11) is 3.55. The van der Waals surface area contributed by atoms with Crippen LogP contribution in [0.5, 0.6) is 5.75 Å². The lowest BCUT2D eigenvalue weighted by atomic mass is 9.62. The van der Waals surface area contributed by atoms with Gasteiger partial charge in [0.25, 0.3) is 5.91 Å². The van der Waals surface area contributed by atoms with Gasteiger partial charge in [0.1, 0.15) is 28.7 Å². The molecule has 2 unspecified atom stereocenters. The van der Waals surface area contributed by atoms with Crippen LogP contribution in [0, 0.1) is 17.8 Å². The molecule has 0 spiro atoms. The van der Waals surface area contributed by atoms with Crippen molar-refractivity contribution in [3.05, 3.63) is 40.0 Å². The van der Waals surface area contributed by atoms with Gasteiger partial charge in [-0.25, -0.2) is 4.98 Å². The van der Waals surface area contributed by atoms with E-state index in [0.717, 1.165) is 0 Å². The third-order valence-corrected chi connectivity index (χ3v) is 6.04. The molecule has 1 amide bonds. The number of rotatable bonds is 2. The summed E-state index contributed by atoms with van der Waals surface area (Å²) in [4.78, 5) is 43.5. The summed E-state index contributed by atoms with van der Waals surface area (Å²) in [5.74, 6) is -4.88. The van der Waals surface area contributed by atoms with Crippen LogP contribution in [-0.4, -0.2) is 51.9 Å². The molecular weight excluding hydrogens is 378 g/mol. The predicted molar refractivity (Wildman–Crippen MR) is 101 cm³/mol. The van der Waals surface area contributed by atoms with Gasteiger partial charge in [0.05, 0.1) is 17.7 Å². The summed E-state index contributed by atoms with van der Waals surface area (Å²) in [6.45, 7) is 0. The maximum absolute atomic E-state index is 13.2. The van der Waals surface area contributed by atoms with Crippen molar-refractivity contribution in [1.82, 2.24) is 4.98 Å². The number of carbonyl (C=O) groups excluding carboxylic acids is 3. The number of aliphatic hydroxyl groups is 2. The predicted octanol–water partition coefficient (Wildman–Crippen LogP) is 0.927. The molecule has 1 aromatic rings. The number of ketones is 2. The third kappa shape index (κ3) is 2.60. The summed E-state index contributed by atoms with van der Waals surface area (Å²) in [6, 6.07) is 0. The molecule has 3 aliphatic carbocycles. The number of nitrogens with two attached hydrogens (primary N) is 1. The van der Waals surface area contributed by atoms with Crippen molar-refractivity contribution in [2.24, 2.45) is 23.5 Å². The zero-order chi connectivity index (χ0) is 21.2. The van der Waals surface area contributed by atoms with Gasteiger partial charge in [0.2, 0.25) is 0 Å². The molecule has 9 nitrogen and oxygen atoms in total. The highest BCUT2D eigenvalue weighted by atomic mass is 16.3. The smallest absolute Gasteiger partial charge is 0.255 e. The second-order valence-corrected chi connectivity index (χ2v) is 7.97. The van der Waals surface area contributed by atoms with E-state index in [1.54, 1.807) is 19.0 Å². The Balaban J connectivity index is 1.87. The summed E-state index contributed by atoms with van der Waals surface area (Å²) in [5.41, 5.74) is 5.41. The Bertz CT molecular complexity index is 1040. The molecular formula is C20H21N3O6. The monoisotopic (exact) mass is 399 g/mol. The fourth-order valence-electron chi connectivity index (χ4n) is 4.90. The first kappa shape index (κ1) is 19.0. The SMILES string of the molecule is CN(C)c1ncc(O)c2c1C[C@H]1CC3CC(O)=C(C(N)=O)C(=O)C3C(O)=C1C2=O. The van der Waals surface area contributed by atoms with E-state index in [-0.39, 0.29) is 29.1 Å². The molecule has 29 heavy (non-hydrogen) atoms. The number of allylic oxidation sites excluding steroid dienone is 3. The molecule has 5 N–H and O–H groups in total. The standard InChI is InChI=1S/C20H21N3O6/c1-23(2)20-9-4-7-3-8-5-10(24)15(19(21)29)18(28)13(8)16(26)12(7)17(27)14(9)11(25)6-22-20/h6-8,13,24-26H,3-5H2,1-2H3,(H2,21,29)/t7-,8?,13?/m1/s1. The van der Waals surface area contributed by atoms with Crippen LogP contribution in [0.2, 0.25) is 0 Å². The van der Waals surface area contributed by atoms with Crippen LogP contribution >= 0.6 is 0 Å². The molecule has 1 heterocycles. The summed E-state index contributed by atoms with van der Waals surface area (Å²) in [6.07, 6.45) is 1.91. The largest absolute Gasteiger partial charge is 0.511 e. The molecule has 4 rings (SSSR count). The average Bonchev–Trinajstić information content (AvgIpc) is 2.60. The van der Waals surface area contributed by atoms with Crippen LogP contribution in [0.15, 0.2) is 28.9 Å². The first-order valence-corrected chi connectivity index (χ1v) is 9.25. The number of hydrogen-bond acceptors (Lipinski definition) is 8. The van der Waals surface area contributed by atoms with Crippen LogP contribution in [-0.2, 0) is 16.0 Å². The molecule has 0 radical (unpaired) electrons. The highest BCUT2D eigenvalue weighted by molar-refractivity contribution is 6.22. The maximum Gasteiger partial charge on any atom is 0.255 e. The van der Waals surface area contributed by atoms with Crippen molar-refractivity contribution in [3.8, 4) is 5.75 Å². The van der Waals surface area contributed by atoms with Gasteiger partial charge in [-0.1, -0.05) is 0 Å². The summed E-state index contributed by atoms with van der Waals surface area (Å²) < 4.78 is 0. The number of aromatic hydroxyl groups is 1. The van der Waals surface area contributed by atoms with Gasteiger partial charge in [-0.2, -0.15) is 0 Å². The van der Waals surface area contributed by atoms with Crippen molar-refractivity contribution in [3.63, 3.8) is 0 Å². The quantitative estimate of drug-likeness (QED) is 0.536. The summed E-state index contributed by atoms with van der Waals surface area (Å²) >= 11 is 0. The summed E-state index contributed by atoms with van der Waals surface area (Å²) in [5, 5.41) is 31.3. The van der Waals surface area contributed by atoms with Gasteiger partial charge >= 0.3 is 0 Å². The van der Waals surface area contributed by atoms with Crippen LogP contribution in [0.4, 0.5) is 5.82 Å². The number of carbonyl (C=O) groups is 3. The highest BCUT2D eigenvalue weighted by Crippen LogP contribution is 2.50. The number of aliphatic hydroxyl groups excluding tert-OH is 2. The zero-order valence-electron chi connectivity index (χ0n) is 16.0. The first-order valence-electron chi connectivity index (χ1n) is 9.25. The van der Waals surface area contributed by atoms with Gasteiger partial charge < -0.3 is 26.0 Å². The van der Waals surface area contributed by atoms with Crippen molar-refractivity contribution in [2.75, 3.05) is 19.0 Å². The van der Waals surface area contributed by atoms with E-state index in [0.29, 0.717) is 24.2 Å². The average molecular weight is 399 g/mol. The van der Waals surface area contributed by atoms with Crippen LogP contribution in [0.3, 0.4) is 0 Å². The van der Waals surface area contributed by atoms with Crippen LogP contribution in [0.25, 0.3) is 0 Å². The maximum atomic E-state index is 13.2. The fraction of sp³-hybridized carbons (Fsp3) is 0.400.